The van der Waals surface area contributed by atoms with Crippen molar-refractivity contribution in [3.63, 3.8) is 0 Å². The summed E-state index contributed by atoms with van der Waals surface area (Å²) in [6.07, 6.45) is 1.51. The lowest BCUT2D eigenvalue weighted by molar-refractivity contribution is -0.385. The van der Waals surface area contributed by atoms with E-state index in [1.54, 1.807) is 0 Å². The number of methoxy groups -OCH3 is 1. The highest BCUT2D eigenvalue weighted by atomic mass is 35.5. The molecule has 0 aliphatic heterocycles. The van der Waals surface area contributed by atoms with Gasteiger partial charge < -0.3 is 10.1 Å². The molecule has 0 aliphatic rings. The van der Waals surface area contributed by atoms with Crippen LogP contribution in [0.2, 0.25) is 0 Å². The zero-order valence-electron chi connectivity index (χ0n) is 11.4. The average Bonchev–Trinajstić information content (AvgIpc) is 2.45. The maximum Gasteiger partial charge on any atom is 0.310 e. The molecule has 0 fully saturated rings. The molecule has 0 radical (unpaired) electrons. The summed E-state index contributed by atoms with van der Waals surface area (Å²) < 4.78 is 4.91. The van der Waals surface area contributed by atoms with Crippen molar-refractivity contribution in [2.45, 2.75) is 25.1 Å². The van der Waals surface area contributed by atoms with E-state index in [4.69, 9.17) is 16.3 Å². The third kappa shape index (κ3) is 4.38. The van der Waals surface area contributed by atoms with Crippen molar-refractivity contribution in [3.8, 4) is 5.75 Å². The van der Waals surface area contributed by atoms with Crippen LogP contribution in [0.15, 0.2) is 18.2 Å². The average molecular weight is 301 g/mol. The number of amides is 1. The summed E-state index contributed by atoms with van der Waals surface area (Å²) >= 11 is 5.95. The Labute approximate surface area is 122 Å². The summed E-state index contributed by atoms with van der Waals surface area (Å²) in [7, 11) is 1.32. The highest BCUT2D eigenvalue weighted by Gasteiger charge is 2.17. The standard InChI is InChI=1S/C13H17ClN2O4/c1-3-10(14)6-7-15-13(17)9-4-5-11(16(18)19)12(8-9)20-2/h4-5,8,10H,3,6-7H2,1-2H3,(H,15,17). The number of carbonyl (C=O) groups is 1. The molecule has 0 aliphatic carbocycles. The minimum absolute atomic E-state index is 0.0293. The Morgan fingerprint density at radius 3 is 2.80 bits per heavy atom. The Morgan fingerprint density at radius 1 is 1.55 bits per heavy atom. The van der Waals surface area contributed by atoms with Crippen LogP contribution in [0.5, 0.6) is 5.75 Å². The molecule has 6 nitrogen and oxygen atoms in total. The van der Waals surface area contributed by atoms with E-state index in [1.165, 1.54) is 25.3 Å². The maximum absolute atomic E-state index is 11.9. The molecule has 1 aromatic carbocycles. The molecule has 1 N–H and O–H groups in total. The predicted octanol–water partition coefficient (Wildman–Crippen LogP) is 2.74. The molecule has 0 bridgehead atoms. The Kier molecular flexibility index (Phi) is 6.24. The van der Waals surface area contributed by atoms with E-state index in [1.807, 2.05) is 6.92 Å². The van der Waals surface area contributed by atoms with Crippen LogP contribution >= 0.6 is 11.6 Å². The second-order valence-corrected chi connectivity index (χ2v) is 4.81. The van der Waals surface area contributed by atoms with Crippen LogP contribution in [0.1, 0.15) is 30.1 Å². The van der Waals surface area contributed by atoms with E-state index >= 15 is 0 Å². The number of rotatable bonds is 7. The molecule has 1 rings (SSSR count). The van der Waals surface area contributed by atoms with E-state index in [0.29, 0.717) is 18.5 Å². The second kappa shape index (κ2) is 7.69. The fourth-order valence-electron chi connectivity index (χ4n) is 1.62. The first-order chi connectivity index (χ1) is 9.49. The Morgan fingerprint density at radius 2 is 2.25 bits per heavy atom. The third-order valence-corrected chi connectivity index (χ3v) is 3.35. The molecule has 7 heteroatoms. The van der Waals surface area contributed by atoms with Crippen molar-refractivity contribution in [3.05, 3.63) is 33.9 Å². The monoisotopic (exact) mass is 300 g/mol. The van der Waals surface area contributed by atoms with Gasteiger partial charge >= 0.3 is 5.69 Å². The fraction of sp³-hybridized carbons (Fsp3) is 0.462. The molecular weight excluding hydrogens is 284 g/mol. The minimum Gasteiger partial charge on any atom is -0.490 e. The van der Waals surface area contributed by atoms with Crippen molar-refractivity contribution >= 4 is 23.2 Å². The number of benzene rings is 1. The van der Waals surface area contributed by atoms with Crippen LogP contribution in [0.25, 0.3) is 0 Å². The van der Waals surface area contributed by atoms with Crippen LogP contribution in [-0.2, 0) is 0 Å². The van der Waals surface area contributed by atoms with Gasteiger partial charge in [-0.2, -0.15) is 0 Å². The first-order valence-electron chi connectivity index (χ1n) is 6.24. The van der Waals surface area contributed by atoms with Gasteiger partial charge in [-0.1, -0.05) is 6.92 Å². The lowest BCUT2D eigenvalue weighted by Gasteiger charge is -2.09. The number of nitrogens with zero attached hydrogens (tertiary/aromatic N) is 1. The minimum atomic E-state index is -0.556. The molecule has 0 heterocycles. The van der Waals surface area contributed by atoms with Gasteiger partial charge in [0, 0.05) is 29.6 Å². The van der Waals surface area contributed by atoms with E-state index in [9.17, 15) is 14.9 Å². The van der Waals surface area contributed by atoms with E-state index < -0.39 is 4.92 Å². The lowest BCUT2D eigenvalue weighted by atomic mass is 10.1. The summed E-state index contributed by atoms with van der Waals surface area (Å²) in [6.45, 7) is 2.43. The number of halogens is 1. The Balaban J connectivity index is 2.71. The first-order valence-corrected chi connectivity index (χ1v) is 6.68. The predicted molar refractivity (Wildman–Crippen MR) is 76.5 cm³/mol. The quantitative estimate of drug-likeness (QED) is 0.477. The van der Waals surface area contributed by atoms with Gasteiger partial charge in [-0.25, -0.2) is 0 Å². The molecule has 1 aromatic rings. The van der Waals surface area contributed by atoms with Gasteiger partial charge in [0.1, 0.15) is 0 Å². The number of alkyl halides is 1. The number of hydrogen-bond donors (Lipinski definition) is 1. The second-order valence-electron chi connectivity index (χ2n) is 4.19. The van der Waals surface area contributed by atoms with Gasteiger partial charge in [0.2, 0.25) is 0 Å². The van der Waals surface area contributed by atoms with Crippen molar-refractivity contribution in [2.24, 2.45) is 0 Å². The zero-order chi connectivity index (χ0) is 15.1. The zero-order valence-corrected chi connectivity index (χ0v) is 12.1. The number of nitro benzene ring substituents is 1. The molecule has 0 aromatic heterocycles. The summed E-state index contributed by atoms with van der Waals surface area (Å²) in [4.78, 5) is 22.1. The number of ether oxygens (including phenoxy) is 1. The number of nitrogens with one attached hydrogen (secondary N) is 1. The first kappa shape index (κ1) is 16.2. The van der Waals surface area contributed by atoms with Crippen molar-refractivity contribution in [2.75, 3.05) is 13.7 Å². The Bertz CT molecular complexity index is 493. The van der Waals surface area contributed by atoms with Crippen molar-refractivity contribution < 1.29 is 14.5 Å². The molecule has 20 heavy (non-hydrogen) atoms. The summed E-state index contributed by atoms with van der Waals surface area (Å²) in [5, 5.41) is 13.5. The van der Waals surface area contributed by atoms with Crippen LogP contribution in [-0.4, -0.2) is 29.9 Å². The van der Waals surface area contributed by atoms with E-state index in [0.717, 1.165) is 6.42 Å². The van der Waals surface area contributed by atoms with Gasteiger partial charge in [0.25, 0.3) is 5.91 Å². The molecule has 1 amide bonds. The van der Waals surface area contributed by atoms with Gasteiger partial charge in [-0.05, 0) is 18.9 Å². The molecule has 0 saturated carbocycles. The van der Waals surface area contributed by atoms with Crippen LogP contribution in [0.4, 0.5) is 5.69 Å². The lowest BCUT2D eigenvalue weighted by Crippen LogP contribution is -2.26. The van der Waals surface area contributed by atoms with Gasteiger partial charge in [-0.3, -0.25) is 14.9 Å². The topological polar surface area (TPSA) is 81.5 Å². The number of carbonyl (C=O) groups excluding carboxylic acids is 1. The van der Waals surface area contributed by atoms with Crippen LogP contribution in [0.3, 0.4) is 0 Å². The highest BCUT2D eigenvalue weighted by molar-refractivity contribution is 6.20. The van der Waals surface area contributed by atoms with Crippen molar-refractivity contribution in [1.29, 1.82) is 0 Å². The van der Waals surface area contributed by atoms with Gasteiger partial charge in [-0.15, -0.1) is 11.6 Å². The summed E-state index contributed by atoms with van der Waals surface area (Å²) in [5.41, 5.74) is 0.144. The normalized spacial score (nSPS) is 11.8. The van der Waals surface area contributed by atoms with E-state index in [-0.39, 0.29) is 22.7 Å². The smallest absolute Gasteiger partial charge is 0.310 e. The third-order valence-electron chi connectivity index (χ3n) is 2.82. The molecule has 1 unspecified atom stereocenters. The van der Waals surface area contributed by atoms with Gasteiger partial charge in [0.15, 0.2) is 5.75 Å². The summed E-state index contributed by atoms with van der Waals surface area (Å²) in [6, 6.07) is 4.00. The number of nitro groups is 1. The van der Waals surface area contributed by atoms with E-state index in [2.05, 4.69) is 5.32 Å². The molecule has 0 spiro atoms. The largest absolute Gasteiger partial charge is 0.490 e. The molecule has 1 atom stereocenters. The van der Waals surface area contributed by atoms with Crippen molar-refractivity contribution in [1.82, 2.24) is 5.32 Å². The highest BCUT2D eigenvalue weighted by Crippen LogP contribution is 2.27. The van der Waals surface area contributed by atoms with Crippen LogP contribution < -0.4 is 10.1 Å². The number of hydrogen-bond acceptors (Lipinski definition) is 4. The SMILES string of the molecule is CCC(Cl)CCNC(=O)c1ccc([N+](=O)[O-])c(OC)c1. The Hall–Kier alpha value is -1.82. The molecular formula is C13H17ClN2O4. The fourth-order valence-corrected chi connectivity index (χ4v) is 1.73. The molecule has 110 valence electrons. The van der Waals surface area contributed by atoms with Crippen LogP contribution in [0, 0.1) is 10.1 Å². The molecule has 0 saturated heterocycles. The summed E-state index contributed by atoms with van der Waals surface area (Å²) in [5.74, 6) is -0.246. The maximum atomic E-state index is 11.9. The van der Waals surface area contributed by atoms with Gasteiger partial charge in [0.05, 0.1) is 12.0 Å².